The number of ether oxygens (including phenoxy) is 3. The summed E-state index contributed by atoms with van der Waals surface area (Å²) in [5.74, 6) is 1.87. The van der Waals surface area contributed by atoms with Crippen LogP contribution >= 0.6 is 0 Å². The summed E-state index contributed by atoms with van der Waals surface area (Å²) in [6, 6.07) is 19.8. The summed E-state index contributed by atoms with van der Waals surface area (Å²) in [6.45, 7) is 9.50. The molecule has 0 unspecified atom stereocenters. The smallest absolute Gasteiger partial charge is 0.227 e. The topological polar surface area (TPSA) is 69.0 Å². The molecule has 190 valence electrons. The zero-order valence-corrected chi connectivity index (χ0v) is 21.4. The van der Waals surface area contributed by atoms with Gasteiger partial charge in [0.15, 0.2) is 0 Å². The first-order valence-electron chi connectivity index (χ1n) is 12.4. The van der Waals surface area contributed by atoms with E-state index in [9.17, 15) is 5.11 Å². The Balaban J connectivity index is 1.91. The van der Waals surface area contributed by atoms with Gasteiger partial charge in [-0.1, -0.05) is 57.2 Å². The quantitative estimate of drug-likeness (QED) is 0.339. The van der Waals surface area contributed by atoms with Crippen molar-refractivity contribution in [3.8, 4) is 17.3 Å². The van der Waals surface area contributed by atoms with Crippen molar-refractivity contribution in [3.05, 3.63) is 71.9 Å². The summed E-state index contributed by atoms with van der Waals surface area (Å²) in [4.78, 5) is 2.18. The number of aromatic nitrogens is 2. The van der Waals surface area contributed by atoms with Crippen molar-refractivity contribution in [1.29, 1.82) is 0 Å². The molecule has 0 saturated carbocycles. The van der Waals surface area contributed by atoms with Crippen LogP contribution in [0.15, 0.2) is 60.7 Å². The van der Waals surface area contributed by atoms with Gasteiger partial charge in [0, 0.05) is 33.4 Å². The molecule has 0 spiro atoms. The van der Waals surface area contributed by atoms with Crippen LogP contribution < -0.4 is 4.74 Å². The van der Waals surface area contributed by atoms with E-state index in [1.54, 1.807) is 7.11 Å². The molecule has 2 aromatic carbocycles. The third-order valence-corrected chi connectivity index (χ3v) is 5.54. The molecule has 3 aromatic rings. The fraction of sp³-hybridized carbons (Fsp3) is 0.464. The van der Waals surface area contributed by atoms with Gasteiger partial charge in [-0.3, -0.25) is 4.90 Å². The summed E-state index contributed by atoms with van der Waals surface area (Å²) >= 11 is 0. The van der Waals surface area contributed by atoms with Gasteiger partial charge in [-0.2, -0.15) is 5.10 Å². The van der Waals surface area contributed by atoms with Gasteiger partial charge in [-0.25, -0.2) is 4.68 Å². The van der Waals surface area contributed by atoms with Gasteiger partial charge in [0.2, 0.25) is 5.88 Å². The third kappa shape index (κ3) is 8.18. The van der Waals surface area contributed by atoms with E-state index < -0.39 is 6.10 Å². The monoisotopic (exact) mass is 481 g/mol. The molecule has 0 bridgehead atoms. The number of hydrogen-bond donors (Lipinski definition) is 1. The van der Waals surface area contributed by atoms with Crippen molar-refractivity contribution in [3.63, 3.8) is 0 Å². The Labute approximate surface area is 209 Å². The van der Waals surface area contributed by atoms with Crippen molar-refractivity contribution < 1.29 is 19.3 Å². The van der Waals surface area contributed by atoms with E-state index in [2.05, 4.69) is 25.7 Å². The minimum atomic E-state index is -0.599. The van der Waals surface area contributed by atoms with Gasteiger partial charge in [-0.15, -0.1) is 0 Å². The first-order chi connectivity index (χ1) is 17.0. The molecular formula is C28H39N3O4. The number of benzene rings is 2. The second-order valence-electron chi connectivity index (χ2n) is 9.06. The normalized spacial score (nSPS) is 12.4. The van der Waals surface area contributed by atoms with Crippen LogP contribution in [0.25, 0.3) is 5.69 Å². The fourth-order valence-electron chi connectivity index (χ4n) is 3.84. The number of methoxy groups -OCH3 is 1. The number of nitrogens with zero attached hydrogens (tertiary/aromatic N) is 3. The van der Waals surface area contributed by atoms with Crippen LogP contribution in [0.5, 0.6) is 11.6 Å². The molecule has 1 N–H and O–H groups in total. The van der Waals surface area contributed by atoms with Crippen LogP contribution in [0, 0.1) is 5.92 Å². The van der Waals surface area contributed by atoms with Crippen LogP contribution in [0.3, 0.4) is 0 Å². The minimum Gasteiger partial charge on any atom is -0.439 e. The van der Waals surface area contributed by atoms with Gasteiger partial charge in [0.25, 0.3) is 0 Å². The minimum absolute atomic E-state index is 0.305. The molecule has 3 rings (SSSR count). The molecule has 35 heavy (non-hydrogen) atoms. The third-order valence-electron chi connectivity index (χ3n) is 5.54. The van der Waals surface area contributed by atoms with E-state index in [1.807, 2.05) is 65.3 Å². The highest BCUT2D eigenvalue weighted by Gasteiger charge is 2.23. The standard InChI is InChI=1S/C28H39N3O4/c1-5-27-26(19-30(16-17-33-4)18-24(32)21-34-20-22(2)3)28(35-25-14-10-7-11-15-25)31(29-27)23-12-8-6-9-13-23/h6-15,22,24,32H,5,16-21H2,1-4H3/t24-/m1/s1. The number of para-hydroxylation sites is 2. The van der Waals surface area contributed by atoms with Crippen LogP contribution in [-0.2, 0) is 22.4 Å². The van der Waals surface area contributed by atoms with E-state index in [4.69, 9.17) is 19.3 Å². The fourth-order valence-corrected chi connectivity index (χ4v) is 3.84. The largest absolute Gasteiger partial charge is 0.439 e. The molecular weight excluding hydrogens is 442 g/mol. The second kappa shape index (κ2) is 14.0. The van der Waals surface area contributed by atoms with Gasteiger partial charge >= 0.3 is 0 Å². The lowest BCUT2D eigenvalue weighted by molar-refractivity contribution is 0.00323. The van der Waals surface area contributed by atoms with Gasteiger partial charge in [-0.05, 0) is 36.6 Å². The van der Waals surface area contributed by atoms with E-state index in [-0.39, 0.29) is 0 Å². The van der Waals surface area contributed by atoms with Gasteiger partial charge in [0.1, 0.15) is 5.75 Å². The van der Waals surface area contributed by atoms with E-state index >= 15 is 0 Å². The second-order valence-corrected chi connectivity index (χ2v) is 9.06. The predicted molar refractivity (Wildman–Crippen MR) is 138 cm³/mol. The van der Waals surface area contributed by atoms with Gasteiger partial charge < -0.3 is 19.3 Å². The van der Waals surface area contributed by atoms with Crippen molar-refractivity contribution in [1.82, 2.24) is 14.7 Å². The Kier molecular flexibility index (Phi) is 10.8. The maximum absolute atomic E-state index is 10.7. The van der Waals surface area contributed by atoms with Crippen molar-refractivity contribution in [2.24, 2.45) is 5.92 Å². The lowest BCUT2D eigenvalue weighted by atomic mass is 10.1. The Morgan fingerprint density at radius 2 is 1.69 bits per heavy atom. The first-order valence-corrected chi connectivity index (χ1v) is 12.4. The van der Waals surface area contributed by atoms with Crippen molar-refractivity contribution >= 4 is 0 Å². The van der Waals surface area contributed by atoms with E-state index in [1.165, 1.54) is 0 Å². The average Bonchev–Trinajstić information content (AvgIpc) is 3.20. The average molecular weight is 482 g/mol. The molecule has 0 radical (unpaired) electrons. The molecule has 0 aliphatic heterocycles. The first kappa shape index (κ1) is 26.9. The molecule has 1 heterocycles. The number of aliphatic hydroxyl groups excluding tert-OH is 1. The molecule has 0 fully saturated rings. The Morgan fingerprint density at radius 3 is 2.31 bits per heavy atom. The zero-order chi connectivity index (χ0) is 25.0. The van der Waals surface area contributed by atoms with Crippen molar-refractivity contribution in [2.75, 3.05) is 40.0 Å². The molecule has 0 aliphatic carbocycles. The van der Waals surface area contributed by atoms with Crippen LogP contribution in [0.4, 0.5) is 0 Å². The molecule has 0 amide bonds. The summed E-state index contributed by atoms with van der Waals surface area (Å²) in [6.07, 6.45) is 0.164. The molecule has 1 aromatic heterocycles. The van der Waals surface area contributed by atoms with E-state index in [0.29, 0.717) is 51.3 Å². The summed E-state index contributed by atoms with van der Waals surface area (Å²) in [5, 5.41) is 15.6. The van der Waals surface area contributed by atoms with Crippen molar-refractivity contribution in [2.45, 2.75) is 39.8 Å². The molecule has 7 nitrogen and oxygen atoms in total. The lowest BCUT2D eigenvalue weighted by Crippen LogP contribution is -2.37. The predicted octanol–water partition coefficient (Wildman–Crippen LogP) is 4.71. The van der Waals surface area contributed by atoms with Crippen LogP contribution in [0.1, 0.15) is 32.0 Å². The highest BCUT2D eigenvalue weighted by atomic mass is 16.5. The maximum Gasteiger partial charge on any atom is 0.227 e. The number of rotatable bonds is 15. The number of aliphatic hydroxyl groups is 1. The van der Waals surface area contributed by atoms with E-state index in [0.717, 1.165) is 29.1 Å². The van der Waals surface area contributed by atoms with Gasteiger partial charge in [0.05, 0.1) is 36.3 Å². The zero-order valence-electron chi connectivity index (χ0n) is 21.4. The number of hydrogen-bond acceptors (Lipinski definition) is 6. The number of aryl methyl sites for hydroxylation is 1. The van der Waals surface area contributed by atoms with Crippen LogP contribution in [0.2, 0.25) is 0 Å². The highest BCUT2D eigenvalue weighted by Crippen LogP contribution is 2.32. The SMILES string of the molecule is CCc1nn(-c2ccccc2)c(Oc2ccccc2)c1CN(CCOC)C[C@@H](O)COCC(C)C. The Hall–Kier alpha value is -2.71. The molecule has 0 aliphatic rings. The summed E-state index contributed by atoms with van der Waals surface area (Å²) < 4.78 is 19.3. The lowest BCUT2D eigenvalue weighted by Gasteiger charge is -2.25. The molecule has 7 heteroatoms. The van der Waals surface area contributed by atoms with Crippen LogP contribution in [-0.4, -0.2) is 65.9 Å². The maximum atomic E-state index is 10.7. The molecule has 1 atom stereocenters. The summed E-state index contributed by atoms with van der Waals surface area (Å²) in [7, 11) is 1.69. The molecule has 0 saturated heterocycles. The highest BCUT2D eigenvalue weighted by molar-refractivity contribution is 5.43. The Bertz CT molecular complexity index is 992. The summed E-state index contributed by atoms with van der Waals surface area (Å²) in [5.41, 5.74) is 2.91. The Morgan fingerprint density at radius 1 is 1.00 bits per heavy atom.